The van der Waals surface area contributed by atoms with E-state index < -0.39 is 22.0 Å². The van der Waals surface area contributed by atoms with E-state index >= 15 is 0 Å². The van der Waals surface area contributed by atoms with Gasteiger partial charge in [-0.1, -0.05) is 12.1 Å². The SMILES string of the molecule is CC(=O)c1ccc(S(=O)(=O)N[C@@H](C)C(=O)Nc2ccc3c(c2)OCO3)cc1. The highest BCUT2D eigenvalue weighted by molar-refractivity contribution is 7.89. The largest absolute Gasteiger partial charge is 0.454 e. The molecule has 9 heteroatoms. The molecule has 0 saturated carbocycles. The van der Waals surface area contributed by atoms with Gasteiger partial charge < -0.3 is 14.8 Å². The molecule has 0 bridgehead atoms. The Balaban J connectivity index is 1.67. The van der Waals surface area contributed by atoms with Crippen LogP contribution in [0.1, 0.15) is 24.2 Å². The van der Waals surface area contributed by atoms with E-state index in [1.165, 1.54) is 38.1 Å². The molecule has 2 aromatic rings. The summed E-state index contributed by atoms with van der Waals surface area (Å²) in [5.74, 6) is 0.392. The van der Waals surface area contributed by atoms with Crippen LogP contribution < -0.4 is 19.5 Å². The summed E-state index contributed by atoms with van der Waals surface area (Å²) in [5.41, 5.74) is 0.864. The molecule has 27 heavy (non-hydrogen) atoms. The molecule has 1 heterocycles. The van der Waals surface area contributed by atoms with Crippen molar-refractivity contribution in [3.63, 3.8) is 0 Å². The van der Waals surface area contributed by atoms with E-state index in [-0.39, 0.29) is 17.5 Å². The van der Waals surface area contributed by atoms with Gasteiger partial charge in [0.05, 0.1) is 10.9 Å². The Kier molecular flexibility index (Phi) is 5.15. The third-order valence-electron chi connectivity index (χ3n) is 3.94. The molecule has 0 radical (unpaired) electrons. The number of fused-ring (bicyclic) bond motifs is 1. The Labute approximate surface area is 156 Å². The third kappa shape index (κ3) is 4.26. The van der Waals surface area contributed by atoms with Gasteiger partial charge in [0.2, 0.25) is 22.7 Å². The van der Waals surface area contributed by atoms with Crippen LogP contribution in [0.2, 0.25) is 0 Å². The number of Topliss-reactive ketones (excluding diaryl/α,β-unsaturated/α-hetero) is 1. The smallest absolute Gasteiger partial charge is 0.242 e. The van der Waals surface area contributed by atoms with Gasteiger partial charge in [0.15, 0.2) is 17.3 Å². The second kappa shape index (κ2) is 7.37. The Bertz CT molecular complexity index is 985. The van der Waals surface area contributed by atoms with Crippen LogP contribution in [-0.2, 0) is 14.8 Å². The second-order valence-electron chi connectivity index (χ2n) is 5.98. The number of rotatable bonds is 6. The van der Waals surface area contributed by atoms with Crippen molar-refractivity contribution in [3.05, 3.63) is 48.0 Å². The number of amides is 1. The van der Waals surface area contributed by atoms with Crippen molar-refractivity contribution in [1.82, 2.24) is 4.72 Å². The first-order valence-electron chi connectivity index (χ1n) is 8.10. The Morgan fingerprint density at radius 3 is 2.37 bits per heavy atom. The first-order chi connectivity index (χ1) is 12.8. The molecular weight excluding hydrogens is 372 g/mol. The molecule has 0 spiro atoms. The molecule has 0 saturated heterocycles. The van der Waals surface area contributed by atoms with Gasteiger partial charge in [-0.15, -0.1) is 0 Å². The number of carbonyl (C=O) groups excluding carboxylic acids is 2. The standard InChI is InChI=1S/C18H18N2O6S/c1-11(18(22)19-14-5-8-16-17(9-14)26-10-25-16)20-27(23,24)15-6-3-13(4-7-15)12(2)21/h3-9,11,20H,10H2,1-2H3,(H,19,22)/t11-/m0/s1. The molecule has 2 N–H and O–H groups in total. The summed E-state index contributed by atoms with van der Waals surface area (Å²) >= 11 is 0. The fourth-order valence-electron chi connectivity index (χ4n) is 2.45. The topological polar surface area (TPSA) is 111 Å². The minimum atomic E-state index is -3.92. The molecule has 0 unspecified atom stereocenters. The van der Waals surface area contributed by atoms with Crippen molar-refractivity contribution in [1.29, 1.82) is 0 Å². The van der Waals surface area contributed by atoms with E-state index in [2.05, 4.69) is 10.0 Å². The monoisotopic (exact) mass is 390 g/mol. The number of benzene rings is 2. The van der Waals surface area contributed by atoms with Crippen molar-refractivity contribution in [2.75, 3.05) is 12.1 Å². The molecule has 0 aliphatic carbocycles. The fourth-order valence-corrected chi connectivity index (χ4v) is 3.65. The van der Waals surface area contributed by atoms with Crippen LogP contribution in [0.15, 0.2) is 47.4 Å². The lowest BCUT2D eigenvalue weighted by molar-refractivity contribution is -0.117. The van der Waals surface area contributed by atoms with Crippen molar-refractivity contribution in [2.45, 2.75) is 24.8 Å². The van der Waals surface area contributed by atoms with E-state index in [4.69, 9.17) is 9.47 Å². The Morgan fingerprint density at radius 2 is 1.70 bits per heavy atom. The maximum Gasteiger partial charge on any atom is 0.242 e. The van der Waals surface area contributed by atoms with Crippen LogP contribution in [0, 0.1) is 0 Å². The van der Waals surface area contributed by atoms with Gasteiger partial charge in [-0.3, -0.25) is 9.59 Å². The fraction of sp³-hybridized carbons (Fsp3) is 0.222. The number of anilines is 1. The number of hydrogen-bond donors (Lipinski definition) is 2. The number of hydrogen-bond acceptors (Lipinski definition) is 6. The van der Waals surface area contributed by atoms with Crippen LogP contribution in [0.25, 0.3) is 0 Å². The van der Waals surface area contributed by atoms with Crippen LogP contribution in [0.4, 0.5) is 5.69 Å². The Hall–Kier alpha value is -2.91. The normalized spacial score (nSPS) is 13.9. The summed E-state index contributed by atoms with van der Waals surface area (Å²) < 4.78 is 37.6. The molecule has 2 aromatic carbocycles. The predicted molar refractivity (Wildman–Crippen MR) is 97.4 cm³/mol. The summed E-state index contributed by atoms with van der Waals surface area (Å²) in [6.45, 7) is 2.94. The summed E-state index contributed by atoms with van der Waals surface area (Å²) in [4.78, 5) is 23.6. The van der Waals surface area contributed by atoms with E-state index in [1.54, 1.807) is 18.2 Å². The van der Waals surface area contributed by atoms with Crippen LogP contribution >= 0.6 is 0 Å². The first kappa shape index (κ1) is 18.9. The van der Waals surface area contributed by atoms with Gasteiger partial charge in [-0.2, -0.15) is 4.72 Å². The zero-order chi connectivity index (χ0) is 19.6. The predicted octanol–water partition coefficient (Wildman–Crippen LogP) is 1.92. The molecule has 3 rings (SSSR count). The molecular formula is C18H18N2O6S. The van der Waals surface area contributed by atoms with E-state index in [9.17, 15) is 18.0 Å². The maximum atomic E-state index is 12.4. The van der Waals surface area contributed by atoms with Crippen molar-refractivity contribution in [3.8, 4) is 11.5 Å². The summed E-state index contributed by atoms with van der Waals surface area (Å²) in [5, 5.41) is 2.62. The lowest BCUT2D eigenvalue weighted by Crippen LogP contribution is -2.41. The summed E-state index contributed by atoms with van der Waals surface area (Å²) in [7, 11) is -3.92. The molecule has 142 valence electrons. The van der Waals surface area contributed by atoms with E-state index in [0.717, 1.165) is 0 Å². The average Bonchev–Trinajstić information content (AvgIpc) is 3.09. The number of sulfonamides is 1. The quantitative estimate of drug-likeness (QED) is 0.729. The lowest BCUT2D eigenvalue weighted by atomic mass is 10.2. The zero-order valence-electron chi connectivity index (χ0n) is 14.7. The van der Waals surface area contributed by atoms with Gasteiger partial charge in [0.1, 0.15) is 0 Å². The van der Waals surface area contributed by atoms with Crippen LogP contribution in [0.5, 0.6) is 11.5 Å². The highest BCUT2D eigenvalue weighted by atomic mass is 32.2. The molecule has 1 aliphatic rings. The average molecular weight is 390 g/mol. The number of ketones is 1. The Morgan fingerprint density at radius 1 is 1.04 bits per heavy atom. The highest BCUT2D eigenvalue weighted by Gasteiger charge is 2.23. The molecule has 0 aromatic heterocycles. The minimum absolute atomic E-state index is 0.0322. The van der Waals surface area contributed by atoms with Gasteiger partial charge in [0, 0.05) is 17.3 Å². The molecule has 0 fully saturated rings. The molecule has 1 atom stereocenters. The molecule has 1 aliphatic heterocycles. The summed E-state index contributed by atoms with van der Waals surface area (Å²) in [6, 6.07) is 9.36. The van der Waals surface area contributed by atoms with Crippen LogP contribution in [-0.4, -0.2) is 32.9 Å². The van der Waals surface area contributed by atoms with Crippen molar-refractivity contribution >= 4 is 27.4 Å². The first-order valence-corrected chi connectivity index (χ1v) is 9.58. The van der Waals surface area contributed by atoms with Gasteiger partial charge >= 0.3 is 0 Å². The number of carbonyl (C=O) groups is 2. The van der Waals surface area contributed by atoms with E-state index in [0.29, 0.717) is 22.7 Å². The van der Waals surface area contributed by atoms with Crippen molar-refractivity contribution < 1.29 is 27.5 Å². The van der Waals surface area contributed by atoms with Gasteiger partial charge in [-0.05, 0) is 38.1 Å². The molecule has 8 nitrogen and oxygen atoms in total. The van der Waals surface area contributed by atoms with Gasteiger partial charge in [-0.25, -0.2) is 8.42 Å². The minimum Gasteiger partial charge on any atom is -0.454 e. The van der Waals surface area contributed by atoms with E-state index in [1.807, 2.05) is 0 Å². The lowest BCUT2D eigenvalue weighted by Gasteiger charge is -2.15. The molecule has 1 amide bonds. The summed E-state index contributed by atoms with van der Waals surface area (Å²) in [6.07, 6.45) is 0. The van der Waals surface area contributed by atoms with Gasteiger partial charge in [0.25, 0.3) is 0 Å². The van der Waals surface area contributed by atoms with Crippen LogP contribution in [0.3, 0.4) is 0 Å². The van der Waals surface area contributed by atoms with Crippen molar-refractivity contribution in [2.24, 2.45) is 0 Å². The maximum absolute atomic E-state index is 12.4. The number of ether oxygens (including phenoxy) is 2. The third-order valence-corrected chi connectivity index (χ3v) is 5.49. The second-order valence-corrected chi connectivity index (χ2v) is 7.69. The zero-order valence-corrected chi connectivity index (χ0v) is 15.5. The number of nitrogens with one attached hydrogen (secondary N) is 2. The highest BCUT2D eigenvalue weighted by Crippen LogP contribution is 2.34.